The zero-order valence-corrected chi connectivity index (χ0v) is 10.9. The minimum Gasteiger partial charge on any atom is -0.389 e. The Balaban J connectivity index is 2.58. The summed E-state index contributed by atoms with van der Waals surface area (Å²) < 4.78 is 13.6. The van der Waals surface area contributed by atoms with E-state index in [1.54, 1.807) is 6.07 Å². The minimum atomic E-state index is -0.483. The number of thiocarbonyl (C=S) groups is 1. The van der Waals surface area contributed by atoms with Crippen LogP contribution in [0.25, 0.3) is 0 Å². The molecule has 4 nitrogen and oxygen atoms in total. The van der Waals surface area contributed by atoms with E-state index in [4.69, 9.17) is 18.0 Å². The molecule has 0 unspecified atom stereocenters. The third kappa shape index (κ3) is 4.29. The molecular weight excluding hydrogens is 253 g/mol. The maximum Gasteiger partial charge on any atom is 0.239 e. The first kappa shape index (κ1) is 14.4. The van der Waals surface area contributed by atoms with Gasteiger partial charge < -0.3 is 16.4 Å². The van der Waals surface area contributed by atoms with E-state index in [2.05, 4.69) is 10.6 Å². The summed E-state index contributed by atoms with van der Waals surface area (Å²) in [5, 5.41) is 5.40. The number of hydrogen-bond donors (Lipinski definition) is 3. The first-order valence-corrected chi connectivity index (χ1v) is 6.05. The third-order valence-electron chi connectivity index (χ3n) is 2.27. The van der Waals surface area contributed by atoms with Crippen molar-refractivity contribution in [1.29, 1.82) is 0 Å². The summed E-state index contributed by atoms with van der Waals surface area (Å²) in [4.78, 5) is 11.5. The van der Waals surface area contributed by atoms with E-state index in [0.29, 0.717) is 12.1 Å². The van der Waals surface area contributed by atoms with Gasteiger partial charge in [-0.15, -0.1) is 0 Å². The van der Waals surface area contributed by atoms with Gasteiger partial charge in [-0.05, 0) is 24.6 Å². The maximum atomic E-state index is 13.6. The van der Waals surface area contributed by atoms with Crippen LogP contribution in [-0.2, 0) is 4.79 Å². The highest BCUT2D eigenvalue weighted by Crippen LogP contribution is 2.15. The summed E-state index contributed by atoms with van der Waals surface area (Å²) in [5.41, 5.74) is 6.10. The van der Waals surface area contributed by atoms with Crippen molar-refractivity contribution in [3.63, 3.8) is 0 Å². The van der Waals surface area contributed by atoms with Crippen LogP contribution < -0.4 is 16.4 Å². The summed E-state index contributed by atoms with van der Waals surface area (Å²) in [6, 6.07) is 4.36. The molecule has 0 fully saturated rings. The van der Waals surface area contributed by atoms with Crippen LogP contribution >= 0.6 is 12.2 Å². The molecule has 0 saturated carbocycles. The van der Waals surface area contributed by atoms with Crippen LogP contribution in [0.15, 0.2) is 18.2 Å². The van der Waals surface area contributed by atoms with Gasteiger partial charge >= 0.3 is 0 Å². The molecule has 0 radical (unpaired) electrons. The molecule has 1 aromatic rings. The monoisotopic (exact) mass is 269 g/mol. The smallest absolute Gasteiger partial charge is 0.239 e. The Kier molecular flexibility index (Phi) is 5.51. The van der Waals surface area contributed by atoms with Crippen molar-refractivity contribution in [2.45, 2.75) is 13.3 Å². The molecule has 6 heteroatoms. The second kappa shape index (κ2) is 6.90. The molecule has 0 aromatic heterocycles. The molecular formula is C12H16FN3OS. The number of carbonyl (C=O) groups is 1. The van der Waals surface area contributed by atoms with E-state index >= 15 is 0 Å². The molecule has 4 N–H and O–H groups in total. The minimum absolute atomic E-state index is 0.0311. The number of benzene rings is 1. The number of rotatable bonds is 6. The molecule has 0 aliphatic heterocycles. The number of anilines is 1. The summed E-state index contributed by atoms with van der Waals surface area (Å²) >= 11 is 4.75. The lowest BCUT2D eigenvalue weighted by Crippen LogP contribution is -2.30. The predicted octanol–water partition coefficient (Wildman–Crippen LogP) is 1.40. The van der Waals surface area contributed by atoms with Crippen molar-refractivity contribution in [2.24, 2.45) is 5.73 Å². The van der Waals surface area contributed by atoms with Crippen LogP contribution in [0.3, 0.4) is 0 Å². The highest BCUT2D eigenvalue weighted by Gasteiger charge is 2.06. The highest BCUT2D eigenvalue weighted by molar-refractivity contribution is 7.80. The van der Waals surface area contributed by atoms with Gasteiger partial charge in [0.2, 0.25) is 5.91 Å². The van der Waals surface area contributed by atoms with Crippen molar-refractivity contribution >= 4 is 28.8 Å². The Bertz CT molecular complexity index is 451. The van der Waals surface area contributed by atoms with Crippen molar-refractivity contribution in [3.8, 4) is 0 Å². The molecule has 98 valence electrons. The van der Waals surface area contributed by atoms with E-state index in [9.17, 15) is 9.18 Å². The largest absolute Gasteiger partial charge is 0.389 e. The zero-order valence-electron chi connectivity index (χ0n) is 10.1. The van der Waals surface area contributed by atoms with Crippen LogP contribution in [0.4, 0.5) is 10.1 Å². The van der Waals surface area contributed by atoms with E-state index in [0.717, 1.165) is 6.42 Å². The van der Waals surface area contributed by atoms with Crippen LogP contribution in [0.2, 0.25) is 0 Å². The molecule has 0 spiro atoms. The molecule has 0 aliphatic carbocycles. The fourth-order valence-corrected chi connectivity index (χ4v) is 1.44. The van der Waals surface area contributed by atoms with Crippen LogP contribution in [-0.4, -0.2) is 24.0 Å². The lowest BCUT2D eigenvalue weighted by atomic mass is 10.2. The van der Waals surface area contributed by atoms with Gasteiger partial charge in [-0.2, -0.15) is 0 Å². The quantitative estimate of drug-likeness (QED) is 0.683. The molecule has 0 aliphatic rings. The van der Waals surface area contributed by atoms with Gasteiger partial charge in [-0.3, -0.25) is 4.79 Å². The van der Waals surface area contributed by atoms with Gasteiger partial charge in [0, 0.05) is 12.1 Å². The van der Waals surface area contributed by atoms with Crippen LogP contribution in [0.1, 0.15) is 18.9 Å². The summed E-state index contributed by atoms with van der Waals surface area (Å²) in [5.74, 6) is -0.654. The van der Waals surface area contributed by atoms with Crippen molar-refractivity contribution in [3.05, 3.63) is 29.6 Å². The number of hydrogen-bond acceptors (Lipinski definition) is 3. The van der Waals surface area contributed by atoms with E-state index < -0.39 is 5.82 Å². The third-order valence-corrected chi connectivity index (χ3v) is 2.50. The standard InChI is InChI=1S/C12H16FN3OS/c1-2-5-15-11(17)7-16-10-4-3-8(12(14)18)6-9(10)13/h3-4,6,16H,2,5,7H2,1H3,(H2,14,18)(H,15,17). The maximum absolute atomic E-state index is 13.6. The Morgan fingerprint density at radius 2 is 2.22 bits per heavy atom. The molecule has 0 atom stereocenters. The second-order valence-electron chi connectivity index (χ2n) is 3.76. The van der Waals surface area contributed by atoms with E-state index in [1.807, 2.05) is 6.92 Å². The molecule has 1 rings (SSSR count). The van der Waals surface area contributed by atoms with Gasteiger partial charge in [0.25, 0.3) is 0 Å². The first-order valence-electron chi connectivity index (χ1n) is 5.64. The molecule has 0 bridgehead atoms. The summed E-state index contributed by atoms with van der Waals surface area (Å²) in [7, 11) is 0. The molecule has 1 amide bonds. The molecule has 18 heavy (non-hydrogen) atoms. The predicted molar refractivity (Wildman–Crippen MR) is 74.1 cm³/mol. The van der Waals surface area contributed by atoms with Gasteiger partial charge in [-0.25, -0.2) is 4.39 Å². The van der Waals surface area contributed by atoms with E-state index in [-0.39, 0.29) is 23.1 Å². The first-order chi connectivity index (χ1) is 8.54. The Labute approximate surface area is 111 Å². The second-order valence-corrected chi connectivity index (χ2v) is 4.20. The molecule has 1 aromatic carbocycles. The highest BCUT2D eigenvalue weighted by atomic mass is 32.1. The summed E-state index contributed by atoms with van der Waals surface area (Å²) in [6.45, 7) is 2.61. The normalized spacial score (nSPS) is 9.89. The fourth-order valence-electron chi connectivity index (χ4n) is 1.31. The van der Waals surface area contributed by atoms with Crippen LogP contribution in [0.5, 0.6) is 0 Å². The van der Waals surface area contributed by atoms with Crippen LogP contribution in [0, 0.1) is 5.82 Å². The number of carbonyl (C=O) groups excluding carboxylic acids is 1. The number of halogens is 1. The number of nitrogens with two attached hydrogens (primary N) is 1. The fraction of sp³-hybridized carbons (Fsp3) is 0.333. The summed E-state index contributed by atoms with van der Waals surface area (Å²) in [6.07, 6.45) is 0.864. The van der Waals surface area contributed by atoms with E-state index in [1.165, 1.54) is 12.1 Å². The van der Waals surface area contributed by atoms with Gasteiger partial charge in [0.15, 0.2) is 0 Å². The van der Waals surface area contributed by atoms with Crippen molar-refractivity contribution < 1.29 is 9.18 Å². The average Bonchev–Trinajstić information content (AvgIpc) is 2.34. The number of nitrogens with one attached hydrogen (secondary N) is 2. The zero-order chi connectivity index (χ0) is 13.5. The van der Waals surface area contributed by atoms with Gasteiger partial charge in [0.05, 0.1) is 12.2 Å². The lowest BCUT2D eigenvalue weighted by Gasteiger charge is -2.09. The Morgan fingerprint density at radius 1 is 1.50 bits per heavy atom. The lowest BCUT2D eigenvalue weighted by molar-refractivity contribution is -0.119. The van der Waals surface area contributed by atoms with Gasteiger partial charge in [-0.1, -0.05) is 19.1 Å². The Morgan fingerprint density at radius 3 is 2.78 bits per heavy atom. The molecule has 0 saturated heterocycles. The topological polar surface area (TPSA) is 67.2 Å². The Hall–Kier alpha value is -1.69. The van der Waals surface area contributed by atoms with Crippen molar-refractivity contribution in [2.75, 3.05) is 18.4 Å². The molecule has 0 heterocycles. The average molecular weight is 269 g/mol. The SMILES string of the molecule is CCCNC(=O)CNc1ccc(C(N)=S)cc1F. The van der Waals surface area contributed by atoms with Crippen molar-refractivity contribution in [1.82, 2.24) is 5.32 Å². The number of amides is 1. The van der Waals surface area contributed by atoms with Gasteiger partial charge in [0.1, 0.15) is 10.8 Å².